The van der Waals surface area contributed by atoms with Crippen LogP contribution in [0.15, 0.2) is 24.5 Å². The molecule has 0 bridgehead atoms. The Hall–Kier alpha value is -0.970. The van der Waals surface area contributed by atoms with Gasteiger partial charge in [0.15, 0.2) is 0 Å². The van der Waals surface area contributed by atoms with Gasteiger partial charge in [0.05, 0.1) is 5.60 Å². The van der Waals surface area contributed by atoms with E-state index in [1.165, 1.54) is 0 Å². The Morgan fingerprint density at radius 1 is 1.50 bits per heavy atom. The number of aromatic nitrogens is 1. The monoisotopic (exact) mass is 249 g/mol. The normalized spacial score (nSPS) is 20.2. The molecule has 4 heteroatoms. The molecule has 1 aliphatic carbocycles. The molecule has 0 radical (unpaired) electrons. The molecule has 1 unspecified atom stereocenters. The maximum absolute atomic E-state index is 10.5. The van der Waals surface area contributed by atoms with Crippen molar-refractivity contribution in [1.29, 1.82) is 0 Å². The van der Waals surface area contributed by atoms with Gasteiger partial charge in [-0.25, -0.2) is 0 Å². The average molecular weight is 249 g/mol. The second-order valence-corrected chi connectivity index (χ2v) is 5.38. The van der Waals surface area contributed by atoms with E-state index in [9.17, 15) is 5.11 Å². The lowest BCUT2D eigenvalue weighted by molar-refractivity contribution is 0.00589. The maximum Gasteiger partial charge on any atom is 0.0774 e. The summed E-state index contributed by atoms with van der Waals surface area (Å²) in [4.78, 5) is 6.30. The lowest BCUT2D eigenvalue weighted by Gasteiger charge is -2.33. The zero-order valence-electron chi connectivity index (χ0n) is 11.0. The van der Waals surface area contributed by atoms with E-state index < -0.39 is 5.60 Å². The van der Waals surface area contributed by atoms with Crippen LogP contribution in [-0.4, -0.2) is 40.7 Å². The summed E-state index contributed by atoms with van der Waals surface area (Å²) in [5.41, 5.74) is 6.46. The minimum Gasteiger partial charge on any atom is -0.389 e. The molecule has 0 spiro atoms. The third kappa shape index (κ3) is 3.07. The Bertz CT molecular complexity index is 363. The van der Waals surface area contributed by atoms with Gasteiger partial charge in [0.25, 0.3) is 0 Å². The number of nitrogens with two attached hydrogens (primary N) is 1. The topological polar surface area (TPSA) is 62.4 Å². The van der Waals surface area contributed by atoms with Crippen LogP contribution < -0.4 is 5.73 Å². The number of aliphatic hydroxyl groups is 1. The van der Waals surface area contributed by atoms with Crippen molar-refractivity contribution >= 4 is 0 Å². The van der Waals surface area contributed by atoms with E-state index in [0.29, 0.717) is 13.1 Å². The summed E-state index contributed by atoms with van der Waals surface area (Å²) in [5.74, 6) is 0. The molecule has 18 heavy (non-hydrogen) atoms. The Kier molecular flexibility index (Phi) is 4.32. The number of likely N-dealkylation sites (N-methyl/N-ethyl adjacent to an activating group) is 1. The first-order valence-electron chi connectivity index (χ1n) is 6.67. The Labute approximate surface area is 109 Å². The van der Waals surface area contributed by atoms with Gasteiger partial charge in [0.1, 0.15) is 0 Å². The first kappa shape index (κ1) is 13.5. The largest absolute Gasteiger partial charge is 0.389 e. The quantitative estimate of drug-likeness (QED) is 0.826. The van der Waals surface area contributed by atoms with Crippen molar-refractivity contribution in [3.8, 4) is 0 Å². The van der Waals surface area contributed by atoms with E-state index in [4.69, 9.17) is 5.73 Å². The molecule has 1 aromatic heterocycles. The van der Waals surface area contributed by atoms with Gasteiger partial charge in [-0.2, -0.15) is 0 Å². The molecule has 1 saturated carbocycles. The molecule has 0 amide bonds. The van der Waals surface area contributed by atoms with Crippen molar-refractivity contribution in [2.45, 2.75) is 37.3 Å². The van der Waals surface area contributed by atoms with Gasteiger partial charge >= 0.3 is 0 Å². The minimum atomic E-state index is -0.523. The molecule has 1 fully saturated rings. The first-order valence-corrected chi connectivity index (χ1v) is 6.67. The van der Waals surface area contributed by atoms with Gasteiger partial charge in [-0.1, -0.05) is 18.9 Å². The molecule has 0 saturated heterocycles. The van der Waals surface area contributed by atoms with Crippen molar-refractivity contribution in [3.05, 3.63) is 30.1 Å². The third-order valence-corrected chi connectivity index (χ3v) is 3.90. The zero-order chi connectivity index (χ0) is 13.0. The van der Waals surface area contributed by atoms with Crippen LogP contribution in [0.5, 0.6) is 0 Å². The van der Waals surface area contributed by atoms with Crippen LogP contribution in [0.25, 0.3) is 0 Å². The van der Waals surface area contributed by atoms with Crippen LogP contribution in [0.2, 0.25) is 0 Å². The highest BCUT2D eigenvalue weighted by Gasteiger charge is 2.33. The fourth-order valence-corrected chi connectivity index (χ4v) is 2.91. The third-order valence-electron chi connectivity index (χ3n) is 3.90. The lowest BCUT2D eigenvalue weighted by atomic mass is 9.99. The number of rotatable bonds is 5. The van der Waals surface area contributed by atoms with Gasteiger partial charge < -0.3 is 10.8 Å². The summed E-state index contributed by atoms with van der Waals surface area (Å²) < 4.78 is 0. The molecule has 0 aromatic carbocycles. The van der Waals surface area contributed by atoms with E-state index in [0.717, 1.165) is 31.2 Å². The van der Waals surface area contributed by atoms with Crippen LogP contribution >= 0.6 is 0 Å². The standard InChI is InChI=1S/C14H23N3O/c1-17(11-14(18)6-2-3-7-14)13(9-15)12-5-4-8-16-10-12/h4-5,8,10,13,18H,2-3,6-7,9,11,15H2,1H3. The highest BCUT2D eigenvalue weighted by atomic mass is 16.3. The van der Waals surface area contributed by atoms with Gasteiger partial charge in [-0.05, 0) is 31.5 Å². The number of nitrogens with zero attached hydrogens (tertiary/aromatic N) is 2. The molecular weight excluding hydrogens is 226 g/mol. The molecule has 3 N–H and O–H groups in total. The molecule has 4 nitrogen and oxygen atoms in total. The van der Waals surface area contributed by atoms with Crippen molar-refractivity contribution in [3.63, 3.8) is 0 Å². The fraction of sp³-hybridized carbons (Fsp3) is 0.643. The first-order chi connectivity index (χ1) is 8.64. The molecule has 1 heterocycles. The van der Waals surface area contributed by atoms with Crippen molar-refractivity contribution in [1.82, 2.24) is 9.88 Å². The summed E-state index contributed by atoms with van der Waals surface area (Å²) >= 11 is 0. The second kappa shape index (κ2) is 5.78. The summed E-state index contributed by atoms with van der Waals surface area (Å²) in [6, 6.07) is 4.10. The summed E-state index contributed by atoms with van der Waals surface area (Å²) in [7, 11) is 2.03. The van der Waals surface area contributed by atoms with Gasteiger partial charge in [-0.15, -0.1) is 0 Å². The van der Waals surface area contributed by atoms with Crippen LogP contribution in [0.1, 0.15) is 37.3 Å². The Morgan fingerprint density at radius 3 is 2.78 bits per heavy atom. The number of hydrogen-bond acceptors (Lipinski definition) is 4. The van der Waals surface area contributed by atoms with Crippen LogP contribution in [0, 0.1) is 0 Å². The zero-order valence-corrected chi connectivity index (χ0v) is 11.0. The van der Waals surface area contributed by atoms with Crippen molar-refractivity contribution < 1.29 is 5.11 Å². The molecule has 1 aliphatic rings. The molecule has 1 aromatic rings. The molecule has 100 valence electrons. The smallest absolute Gasteiger partial charge is 0.0774 e. The highest BCUT2D eigenvalue weighted by Crippen LogP contribution is 2.31. The van der Waals surface area contributed by atoms with Gasteiger partial charge in [0.2, 0.25) is 0 Å². The minimum absolute atomic E-state index is 0.128. The van der Waals surface area contributed by atoms with Crippen LogP contribution in [0.3, 0.4) is 0 Å². The van der Waals surface area contributed by atoms with Crippen molar-refractivity contribution in [2.75, 3.05) is 20.1 Å². The van der Waals surface area contributed by atoms with Crippen LogP contribution in [0.4, 0.5) is 0 Å². The van der Waals surface area contributed by atoms with Gasteiger partial charge in [-0.3, -0.25) is 9.88 Å². The number of pyridine rings is 1. The number of hydrogen-bond donors (Lipinski definition) is 2. The molecule has 2 rings (SSSR count). The molecule has 1 atom stereocenters. The molecule has 0 aliphatic heterocycles. The highest BCUT2D eigenvalue weighted by molar-refractivity contribution is 5.14. The second-order valence-electron chi connectivity index (χ2n) is 5.38. The van der Waals surface area contributed by atoms with Crippen molar-refractivity contribution in [2.24, 2.45) is 5.73 Å². The Morgan fingerprint density at radius 2 is 2.22 bits per heavy atom. The summed E-state index contributed by atoms with van der Waals surface area (Å²) in [5, 5.41) is 10.5. The van der Waals surface area contributed by atoms with E-state index in [1.54, 1.807) is 6.20 Å². The predicted molar refractivity (Wildman–Crippen MR) is 72.1 cm³/mol. The Balaban J connectivity index is 2.04. The lowest BCUT2D eigenvalue weighted by Crippen LogP contribution is -2.42. The van der Waals surface area contributed by atoms with Gasteiger partial charge in [0, 0.05) is 31.5 Å². The van der Waals surface area contributed by atoms with E-state index >= 15 is 0 Å². The fourth-order valence-electron chi connectivity index (χ4n) is 2.91. The SMILES string of the molecule is CN(CC1(O)CCCC1)C(CN)c1cccnc1. The van der Waals surface area contributed by atoms with E-state index in [2.05, 4.69) is 9.88 Å². The maximum atomic E-state index is 10.5. The van der Waals surface area contributed by atoms with E-state index in [-0.39, 0.29) is 6.04 Å². The van der Waals surface area contributed by atoms with E-state index in [1.807, 2.05) is 25.4 Å². The summed E-state index contributed by atoms with van der Waals surface area (Å²) in [6.45, 7) is 1.22. The van der Waals surface area contributed by atoms with Crippen LogP contribution in [-0.2, 0) is 0 Å². The summed E-state index contributed by atoms with van der Waals surface area (Å²) in [6.07, 6.45) is 7.69. The predicted octanol–water partition coefficient (Wildman–Crippen LogP) is 1.32. The molecular formula is C14H23N3O. The average Bonchev–Trinajstić information content (AvgIpc) is 2.78.